The second-order valence-corrected chi connectivity index (χ2v) is 7.71. The SMILES string of the molecule is Cc1c(C(=O)Nc2cc(Cl)ccc2Sc2nccn2C)cnn1-c1ccccn1. The van der Waals surface area contributed by atoms with Crippen molar-refractivity contribution >= 4 is 35.0 Å². The number of hydrogen-bond donors (Lipinski definition) is 1. The maximum atomic E-state index is 13.0. The molecule has 3 heterocycles. The van der Waals surface area contributed by atoms with Crippen LogP contribution in [0.4, 0.5) is 5.69 Å². The van der Waals surface area contributed by atoms with E-state index in [1.165, 1.54) is 18.0 Å². The van der Waals surface area contributed by atoms with E-state index in [0.717, 1.165) is 10.1 Å². The second kappa shape index (κ2) is 8.10. The van der Waals surface area contributed by atoms with Crippen LogP contribution in [0.2, 0.25) is 5.02 Å². The number of nitrogens with one attached hydrogen (secondary N) is 1. The quantitative estimate of drug-likeness (QED) is 0.514. The topological polar surface area (TPSA) is 77.6 Å². The Morgan fingerprint density at radius 1 is 1.17 bits per heavy atom. The molecule has 0 unspecified atom stereocenters. The number of aromatic nitrogens is 5. The molecule has 0 saturated heterocycles. The molecule has 0 aliphatic rings. The number of halogens is 1. The average molecular weight is 425 g/mol. The third-order valence-electron chi connectivity index (χ3n) is 4.29. The van der Waals surface area contributed by atoms with Gasteiger partial charge in [-0.05, 0) is 49.0 Å². The summed E-state index contributed by atoms with van der Waals surface area (Å²) in [5.74, 6) is 0.381. The second-order valence-electron chi connectivity index (χ2n) is 6.26. The van der Waals surface area contributed by atoms with Crippen LogP contribution in [0, 0.1) is 6.92 Å². The molecule has 4 aromatic rings. The number of anilines is 1. The molecule has 1 amide bonds. The molecule has 4 rings (SSSR count). The van der Waals surface area contributed by atoms with Crippen molar-refractivity contribution in [1.29, 1.82) is 0 Å². The molecule has 0 fully saturated rings. The highest BCUT2D eigenvalue weighted by Crippen LogP contribution is 2.34. The van der Waals surface area contributed by atoms with Crippen LogP contribution >= 0.6 is 23.4 Å². The summed E-state index contributed by atoms with van der Waals surface area (Å²) in [6, 6.07) is 10.9. The van der Waals surface area contributed by atoms with E-state index in [4.69, 9.17) is 11.6 Å². The summed E-state index contributed by atoms with van der Waals surface area (Å²) in [5.41, 5.74) is 1.77. The summed E-state index contributed by atoms with van der Waals surface area (Å²) < 4.78 is 3.54. The van der Waals surface area contributed by atoms with Gasteiger partial charge in [0, 0.05) is 35.6 Å². The molecule has 0 spiro atoms. The zero-order chi connectivity index (χ0) is 20.4. The summed E-state index contributed by atoms with van der Waals surface area (Å²) in [4.78, 5) is 22.4. The van der Waals surface area contributed by atoms with Crippen LogP contribution in [-0.4, -0.2) is 30.2 Å². The van der Waals surface area contributed by atoms with Crippen molar-refractivity contribution in [3.63, 3.8) is 0 Å². The van der Waals surface area contributed by atoms with Crippen LogP contribution in [0.3, 0.4) is 0 Å². The Hall–Kier alpha value is -3.10. The minimum absolute atomic E-state index is 0.270. The van der Waals surface area contributed by atoms with Crippen molar-refractivity contribution in [2.45, 2.75) is 17.0 Å². The summed E-state index contributed by atoms with van der Waals surface area (Å²) in [7, 11) is 1.92. The predicted molar refractivity (Wildman–Crippen MR) is 113 cm³/mol. The Labute approximate surface area is 176 Å². The monoisotopic (exact) mass is 424 g/mol. The van der Waals surface area contributed by atoms with Crippen LogP contribution in [0.5, 0.6) is 0 Å². The van der Waals surface area contributed by atoms with Gasteiger partial charge in [-0.15, -0.1) is 0 Å². The lowest BCUT2D eigenvalue weighted by atomic mass is 10.2. The normalized spacial score (nSPS) is 10.9. The number of imidazole rings is 1. The van der Waals surface area contributed by atoms with Crippen LogP contribution in [0.1, 0.15) is 16.1 Å². The van der Waals surface area contributed by atoms with Crippen LogP contribution in [0.15, 0.2) is 71.2 Å². The molecular weight excluding hydrogens is 408 g/mol. The van der Waals surface area contributed by atoms with E-state index in [-0.39, 0.29) is 5.91 Å². The zero-order valence-corrected chi connectivity index (χ0v) is 17.3. The lowest BCUT2D eigenvalue weighted by molar-refractivity contribution is 0.102. The van der Waals surface area contributed by atoms with Gasteiger partial charge < -0.3 is 9.88 Å². The molecule has 0 aliphatic heterocycles. The maximum Gasteiger partial charge on any atom is 0.259 e. The molecule has 1 N–H and O–H groups in total. The third-order valence-corrected chi connectivity index (χ3v) is 5.68. The molecule has 1 aromatic carbocycles. The van der Waals surface area contributed by atoms with Crippen LogP contribution < -0.4 is 5.32 Å². The van der Waals surface area contributed by atoms with Crippen LogP contribution in [-0.2, 0) is 7.05 Å². The van der Waals surface area contributed by atoms with Gasteiger partial charge in [-0.25, -0.2) is 14.6 Å². The van der Waals surface area contributed by atoms with Gasteiger partial charge in [-0.3, -0.25) is 4.79 Å². The van der Waals surface area contributed by atoms with E-state index < -0.39 is 0 Å². The maximum absolute atomic E-state index is 13.0. The van der Waals surface area contributed by atoms with Crippen molar-refractivity contribution < 1.29 is 4.79 Å². The standard InChI is InChI=1S/C20H17ClN6OS/c1-13-15(12-24-27(13)18-5-3-4-8-22-18)19(28)25-16-11-14(21)6-7-17(16)29-20-23-9-10-26(20)2/h3-12H,1-2H3,(H,25,28). The number of hydrogen-bond acceptors (Lipinski definition) is 5. The lowest BCUT2D eigenvalue weighted by Crippen LogP contribution is -2.14. The van der Waals surface area contributed by atoms with Gasteiger partial charge >= 0.3 is 0 Å². The molecule has 0 atom stereocenters. The molecule has 0 aliphatic carbocycles. The zero-order valence-electron chi connectivity index (χ0n) is 15.7. The summed E-state index contributed by atoms with van der Waals surface area (Å²) >= 11 is 7.62. The molecule has 9 heteroatoms. The molecule has 0 saturated carbocycles. The number of aryl methyl sites for hydroxylation is 1. The number of amides is 1. The first-order valence-electron chi connectivity index (χ1n) is 8.75. The van der Waals surface area contributed by atoms with Gasteiger partial charge in [0.05, 0.1) is 23.1 Å². The van der Waals surface area contributed by atoms with Gasteiger partial charge in [0.2, 0.25) is 0 Å². The molecule has 7 nitrogen and oxygen atoms in total. The van der Waals surface area contributed by atoms with Crippen molar-refractivity contribution in [1.82, 2.24) is 24.3 Å². The third kappa shape index (κ3) is 4.03. The van der Waals surface area contributed by atoms with E-state index >= 15 is 0 Å². The Kier molecular flexibility index (Phi) is 5.37. The lowest BCUT2D eigenvalue weighted by Gasteiger charge is -2.11. The van der Waals surface area contributed by atoms with Crippen molar-refractivity contribution in [3.05, 3.63) is 77.5 Å². The number of carbonyl (C=O) groups is 1. The fraction of sp³-hybridized carbons (Fsp3) is 0.100. The number of pyridine rings is 1. The number of carbonyl (C=O) groups excluding carboxylic acids is 1. The van der Waals surface area contributed by atoms with E-state index in [1.807, 2.05) is 49.0 Å². The van der Waals surface area contributed by atoms with Gasteiger partial charge in [0.15, 0.2) is 11.0 Å². The van der Waals surface area contributed by atoms with Crippen molar-refractivity contribution in [3.8, 4) is 5.82 Å². The molecule has 3 aromatic heterocycles. The fourth-order valence-electron chi connectivity index (χ4n) is 2.77. The highest BCUT2D eigenvalue weighted by Gasteiger charge is 2.18. The Bertz CT molecular complexity index is 1170. The number of benzene rings is 1. The van der Waals surface area contributed by atoms with E-state index in [2.05, 4.69) is 20.4 Å². The largest absolute Gasteiger partial charge is 0.329 e. The average Bonchev–Trinajstić information content (AvgIpc) is 3.30. The molecule has 29 heavy (non-hydrogen) atoms. The van der Waals surface area contributed by atoms with E-state index in [1.54, 1.807) is 29.2 Å². The minimum Gasteiger partial charge on any atom is -0.329 e. The Balaban J connectivity index is 1.61. The first-order valence-corrected chi connectivity index (χ1v) is 9.94. The first kappa shape index (κ1) is 19.2. The number of nitrogens with zero attached hydrogens (tertiary/aromatic N) is 5. The molecule has 146 valence electrons. The van der Waals surface area contributed by atoms with Gasteiger partial charge in [-0.1, -0.05) is 17.7 Å². The van der Waals surface area contributed by atoms with Gasteiger partial charge in [0.25, 0.3) is 5.91 Å². The van der Waals surface area contributed by atoms with Crippen molar-refractivity contribution in [2.75, 3.05) is 5.32 Å². The highest BCUT2D eigenvalue weighted by atomic mass is 35.5. The van der Waals surface area contributed by atoms with E-state index in [9.17, 15) is 4.79 Å². The highest BCUT2D eigenvalue weighted by molar-refractivity contribution is 7.99. The fourth-order valence-corrected chi connectivity index (χ4v) is 3.81. The van der Waals surface area contributed by atoms with E-state index in [0.29, 0.717) is 27.8 Å². The molecule has 0 radical (unpaired) electrons. The van der Waals surface area contributed by atoms with Gasteiger partial charge in [-0.2, -0.15) is 5.10 Å². The van der Waals surface area contributed by atoms with Crippen molar-refractivity contribution in [2.24, 2.45) is 7.05 Å². The summed E-state index contributed by atoms with van der Waals surface area (Å²) in [6.45, 7) is 1.83. The summed E-state index contributed by atoms with van der Waals surface area (Å²) in [6.07, 6.45) is 6.82. The van der Waals surface area contributed by atoms with Gasteiger partial charge in [0.1, 0.15) is 0 Å². The minimum atomic E-state index is -0.270. The predicted octanol–water partition coefficient (Wildman–Crippen LogP) is 4.37. The number of rotatable bonds is 5. The molecular formula is C20H17ClN6OS. The summed E-state index contributed by atoms with van der Waals surface area (Å²) in [5, 5.41) is 8.60. The Morgan fingerprint density at radius 3 is 2.76 bits per heavy atom. The molecule has 0 bridgehead atoms. The smallest absolute Gasteiger partial charge is 0.259 e. The Morgan fingerprint density at radius 2 is 2.03 bits per heavy atom. The first-order chi connectivity index (χ1) is 14.0. The van der Waals surface area contributed by atoms with Crippen LogP contribution in [0.25, 0.3) is 5.82 Å².